The lowest BCUT2D eigenvalue weighted by Crippen LogP contribution is -2.51. The topological polar surface area (TPSA) is 58.6 Å². The Morgan fingerprint density at radius 1 is 1.03 bits per heavy atom. The van der Waals surface area contributed by atoms with E-state index in [2.05, 4.69) is 5.32 Å². The number of nitrogens with one attached hydrogen (secondary N) is 1. The lowest BCUT2D eigenvalue weighted by molar-refractivity contribution is -0.143. The Morgan fingerprint density at radius 3 is 2.22 bits per heavy atom. The molecule has 0 fully saturated rings. The van der Waals surface area contributed by atoms with Crippen molar-refractivity contribution in [2.75, 3.05) is 6.61 Å². The van der Waals surface area contributed by atoms with Gasteiger partial charge < -0.3 is 15.0 Å². The van der Waals surface area contributed by atoms with E-state index in [1.165, 1.54) is 0 Å². The minimum Gasteiger partial charge on any atom is -0.484 e. The lowest BCUT2D eigenvalue weighted by atomic mass is 10.1. The van der Waals surface area contributed by atoms with Crippen LogP contribution in [0.15, 0.2) is 36.4 Å². The van der Waals surface area contributed by atoms with Crippen LogP contribution < -0.4 is 10.1 Å². The molecule has 1 N–H and O–H groups in total. The normalized spacial score (nSPS) is 12.7. The van der Waals surface area contributed by atoms with Crippen LogP contribution in [0.1, 0.15) is 55.9 Å². The van der Waals surface area contributed by atoms with Crippen molar-refractivity contribution in [1.29, 1.82) is 0 Å². The van der Waals surface area contributed by atoms with Crippen molar-refractivity contribution in [3.8, 4) is 5.75 Å². The van der Waals surface area contributed by atoms with Crippen LogP contribution in [0.5, 0.6) is 5.75 Å². The van der Waals surface area contributed by atoms with E-state index in [9.17, 15) is 9.59 Å². The summed E-state index contributed by atoms with van der Waals surface area (Å²) in [4.78, 5) is 28.0. The van der Waals surface area contributed by atoms with Gasteiger partial charge in [-0.25, -0.2) is 0 Å². The SMILES string of the molecule is CC[C@@H](C)NC(=O)[C@H](CC)N(Cc1ccccc1C)C(=O)COc1cc(C)c(Cl)c(C)c1. The number of halogens is 1. The van der Waals surface area contributed by atoms with Crippen molar-refractivity contribution in [2.45, 2.75) is 73.0 Å². The zero-order valence-electron chi connectivity index (χ0n) is 20.0. The van der Waals surface area contributed by atoms with Gasteiger partial charge in [0, 0.05) is 17.6 Å². The predicted octanol–water partition coefficient (Wildman–Crippen LogP) is 5.37. The van der Waals surface area contributed by atoms with Gasteiger partial charge in [-0.3, -0.25) is 9.59 Å². The van der Waals surface area contributed by atoms with Gasteiger partial charge in [-0.1, -0.05) is 49.7 Å². The van der Waals surface area contributed by atoms with Crippen molar-refractivity contribution < 1.29 is 14.3 Å². The molecule has 0 aliphatic carbocycles. The van der Waals surface area contributed by atoms with Crippen molar-refractivity contribution >= 4 is 23.4 Å². The number of nitrogens with zero attached hydrogens (tertiary/aromatic N) is 1. The minimum absolute atomic E-state index is 0.0447. The maximum absolute atomic E-state index is 13.3. The third kappa shape index (κ3) is 6.73. The second kappa shape index (κ2) is 11.9. The summed E-state index contributed by atoms with van der Waals surface area (Å²) in [6.07, 6.45) is 1.34. The summed E-state index contributed by atoms with van der Waals surface area (Å²) in [5, 5.41) is 3.72. The Morgan fingerprint density at radius 2 is 1.66 bits per heavy atom. The number of ether oxygens (including phenoxy) is 1. The maximum Gasteiger partial charge on any atom is 0.261 e. The van der Waals surface area contributed by atoms with Gasteiger partial charge in [-0.2, -0.15) is 0 Å². The molecule has 174 valence electrons. The molecule has 0 saturated heterocycles. The van der Waals surface area contributed by atoms with Gasteiger partial charge in [0.2, 0.25) is 5.91 Å². The van der Waals surface area contributed by atoms with Crippen LogP contribution in [0.4, 0.5) is 0 Å². The quantitative estimate of drug-likeness (QED) is 0.521. The molecule has 2 aromatic carbocycles. The smallest absolute Gasteiger partial charge is 0.261 e. The van der Waals surface area contributed by atoms with Crippen molar-refractivity contribution in [1.82, 2.24) is 10.2 Å². The molecule has 2 rings (SSSR count). The highest BCUT2D eigenvalue weighted by Gasteiger charge is 2.29. The van der Waals surface area contributed by atoms with E-state index in [1.807, 2.05) is 77.9 Å². The minimum atomic E-state index is -0.576. The third-order valence-electron chi connectivity index (χ3n) is 5.76. The molecule has 0 spiro atoms. The van der Waals surface area contributed by atoms with Gasteiger partial charge in [-0.15, -0.1) is 0 Å². The fourth-order valence-electron chi connectivity index (χ4n) is 3.55. The molecular formula is C26H35ClN2O3. The highest BCUT2D eigenvalue weighted by Crippen LogP contribution is 2.26. The van der Waals surface area contributed by atoms with E-state index in [-0.39, 0.29) is 24.5 Å². The van der Waals surface area contributed by atoms with Crippen molar-refractivity contribution in [3.63, 3.8) is 0 Å². The Hall–Kier alpha value is -2.53. The monoisotopic (exact) mass is 458 g/mol. The first-order valence-corrected chi connectivity index (χ1v) is 11.6. The maximum atomic E-state index is 13.3. The van der Waals surface area contributed by atoms with E-state index in [4.69, 9.17) is 16.3 Å². The molecule has 6 heteroatoms. The number of aryl methyl sites for hydroxylation is 3. The molecule has 0 bridgehead atoms. The molecular weight excluding hydrogens is 424 g/mol. The van der Waals surface area contributed by atoms with Crippen molar-refractivity contribution in [3.05, 3.63) is 63.7 Å². The summed E-state index contributed by atoms with van der Waals surface area (Å²) in [5.74, 6) is 0.220. The zero-order chi connectivity index (χ0) is 23.8. The number of hydrogen-bond donors (Lipinski definition) is 1. The van der Waals surface area contributed by atoms with Gasteiger partial charge in [0.15, 0.2) is 6.61 Å². The van der Waals surface area contributed by atoms with E-state index >= 15 is 0 Å². The van der Waals surface area contributed by atoms with Crippen LogP contribution in [0.3, 0.4) is 0 Å². The Kier molecular flexibility index (Phi) is 9.58. The fraction of sp³-hybridized carbons (Fsp3) is 0.462. The van der Waals surface area contributed by atoms with Crippen LogP contribution in [0.25, 0.3) is 0 Å². The molecule has 0 aromatic heterocycles. The highest BCUT2D eigenvalue weighted by atomic mass is 35.5. The number of rotatable bonds is 10. The number of hydrogen-bond acceptors (Lipinski definition) is 3. The molecule has 0 aliphatic rings. The molecule has 2 amide bonds. The molecule has 0 radical (unpaired) electrons. The molecule has 0 heterocycles. The summed E-state index contributed by atoms with van der Waals surface area (Å²) in [6, 6.07) is 11.0. The average molecular weight is 459 g/mol. The first-order valence-electron chi connectivity index (χ1n) is 11.2. The molecule has 0 aliphatic heterocycles. The number of carbonyl (C=O) groups is 2. The van der Waals surface area contributed by atoms with Gasteiger partial charge in [-0.05, 0) is 74.9 Å². The summed E-state index contributed by atoms with van der Waals surface area (Å²) in [6.45, 7) is 11.9. The molecule has 32 heavy (non-hydrogen) atoms. The third-order valence-corrected chi connectivity index (χ3v) is 6.36. The van der Waals surface area contributed by atoms with E-state index in [1.54, 1.807) is 4.90 Å². The van der Waals surface area contributed by atoms with Crippen LogP contribution in [-0.4, -0.2) is 35.4 Å². The molecule has 0 unspecified atom stereocenters. The van der Waals surface area contributed by atoms with Crippen LogP contribution in [-0.2, 0) is 16.1 Å². The molecule has 5 nitrogen and oxygen atoms in total. The van der Waals surface area contributed by atoms with Gasteiger partial charge in [0.25, 0.3) is 5.91 Å². The zero-order valence-corrected chi connectivity index (χ0v) is 20.8. The second-order valence-corrected chi connectivity index (χ2v) is 8.73. The second-order valence-electron chi connectivity index (χ2n) is 8.35. The van der Waals surface area contributed by atoms with Crippen LogP contribution >= 0.6 is 11.6 Å². The highest BCUT2D eigenvalue weighted by molar-refractivity contribution is 6.32. The molecule has 0 saturated carbocycles. The Labute approximate surface area is 197 Å². The average Bonchev–Trinajstić information content (AvgIpc) is 2.76. The van der Waals surface area contributed by atoms with Gasteiger partial charge in [0.05, 0.1) is 0 Å². The summed E-state index contributed by atoms with van der Waals surface area (Å²) in [7, 11) is 0. The van der Waals surface area contributed by atoms with E-state index in [0.29, 0.717) is 23.7 Å². The molecule has 2 atom stereocenters. The Bertz CT molecular complexity index is 921. The predicted molar refractivity (Wildman–Crippen MR) is 130 cm³/mol. The summed E-state index contributed by atoms with van der Waals surface area (Å²) >= 11 is 6.24. The largest absolute Gasteiger partial charge is 0.484 e. The Balaban J connectivity index is 2.26. The van der Waals surface area contributed by atoms with E-state index in [0.717, 1.165) is 28.7 Å². The number of carbonyl (C=O) groups excluding carboxylic acids is 2. The lowest BCUT2D eigenvalue weighted by Gasteiger charge is -2.31. The first-order chi connectivity index (χ1) is 15.2. The van der Waals surface area contributed by atoms with Crippen molar-refractivity contribution in [2.24, 2.45) is 0 Å². The first kappa shape index (κ1) is 25.7. The van der Waals surface area contributed by atoms with E-state index < -0.39 is 6.04 Å². The number of amides is 2. The summed E-state index contributed by atoms with van der Waals surface area (Å²) < 4.78 is 5.83. The fourth-order valence-corrected chi connectivity index (χ4v) is 3.66. The standard InChI is InChI=1S/C26H35ClN2O3/c1-7-20(6)28-26(31)23(8-2)29(15-21-12-10-9-11-17(21)3)24(30)16-32-22-13-18(4)25(27)19(5)14-22/h9-14,20,23H,7-8,15-16H2,1-6H3,(H,28,31)/t20-,23+/m1/s1. The molecule has 2 aromatic rings. The number of benzene rings is 2. The van der Waals surface area contributed by atoms with Gasteiger partial charge in [0.1, 0.15) is 11.8 Å². The van der Waals surface area contributed by atoms with Crippen LogP contribution in [0, 0.1) is 20.8 Å². The van der Waals surface area contributed by atoms with Gasteiger partial charge >= 0.3 is 0 Å². The summed E-state index contributed by atoms with van der Waals surface area (Å²) in [5.41, 5.74) is 3.87. The van der Waals surface area contributed by atoms with Crippen LogP contribution in [0.2, 0.25) is 5.02 Å².